The van der Waals surface area contributed by atoms with Gasteiger partial charge in [0.25, 0.3) is 5.69 Å². The van der Waals surface area contributed by atoms with Crippen molar-refractivity contribution in [2.24, 2.45) is 0 Å². The molecule has 154 valence electrons. The molecule has 1 aliphatic rings. The van der Waals surface area contributed by atoms with Crippen molar-refractivity contribution in [3.63, 3.8) is 0 Å². The number of benzene rings is 1. The van der Waals surface area contributed by atoms with E-state index in [-0.39, 0.29) is 28.2 Å². The molecule has 2 aromatic rings. The van der Waals surface area contributed by atoms with Gasteiger partial charge in [0.15, 0.2) is 6.61 Å². The maximum Gasteiger partial charge on any atom is 0.340 e. The molecule has 1 aromatic carbocycles. The van der Waals surface area contributed by atoms with E-state index in [0.717, 1.165) is 36.9 Å². The predicted molar refractivity (Wildman–Crippen MR) is 106 cm³/mol. The summed E-state index contributed by atoms with van der Waals surface area (Å²) in [6, 6.07) is 5.23. The van der Waals surface area contributed by atoms with Crippen molar-refractivity contribution < 1.29 is 24.0 Å². The molecule has 0 saturated carbocycles. The number of non-ortho nitro benzene ring substituents is 1. The van der Waals surface area contributed by atoms with E-state index in [4.69, 9.17) is 21.1 Å². The summed E-state index contributed by atoms with van der Waals surface area (Å²) in [5.41, 5.74) is 1.74. The number of aromatic nitrogens is 1. The van der Waals surface area contributed by atoms with Crippen molar-refractivity contribution in [2.45, 2.75) is 39.3 Å². The Bertz CT molecular complexity index is 962. The first-order chi connectivity index (χ1) is 13.8. The van der Waals surface area contributed by atoms with E-state index in [0.29, 0.717) is 12.1 Å². The molecule has 3 rings (SSSR count). The summed E-state index contributed by atoms with van der Waals surface area (Å²) < 4.78 is 12.8. The number of nitrogens with zero attached hydrogens (tertiary/aromatic N) is 2. The van der Waals surface area contributed by atoms with Crippen molar-refractivity contribution in [1.82, 2.24) is 4.57 Å². The Kier molecular flexibility index (Phi) is 6.34. The normalized spacial score (nSPS) is 16.0. The lowest BCUT2D eigenvalue weighted by molar-refractivity contribution is -0.384. The number of hydrogen-bond donors (Lipinski definition) is 0. The van der Waals surface area contributed by atoms with Crippen molar-refractivity contribution in [2.75, 3.05) is 13.2 Å². The first-order valence-electron chi connectivity index (χ1n) is 9.20. The van der Waals surface area contributed by atoms with Crippen LogP contribution in [0, 0.1) is 24.0 Å². The van der Waals surface area contributed by atoms with Gasteiger partial charge in [-0.1, -0.05) is 11.6 Å². The highest BCUT2D eigenvalue weighted by Crippen LogP contribution is 2.24. The van der Waals surface area contributed by atoms with Gasteiger partial charge in [-0.3, -0.25) is 14.9 Å². The van der Waals surface area contributed by atoms with Crippen molar-refractivity contribution in [3.05, 3.63) is 61.9 Å². The van der Waals surface area contributed by atoms with Crippen LogP contribution >= 0.6 is 11.6 Å². The van der Waals surface area contributed by atoms with E-state index < -0.39 is 17.5 Å². The van der Waals surface area contributed by atoms with Crippen LogP contribution in [0.15, 0.2) is 24.3 Å². The fourth-order valence-corrected chi connectivity index (χ4v) is 3.62. The van der Waals surface area contributed by atoms with Crippen LogP contribution in [0.4, 0.5) is 5.69 Å². The molecule has 0 aliphatic carbocycles. The predicted octanol–water partition coefficient (Wildman–Crippen LogP) is 3.89. The Balaban J connectivity index is 1.69. The third-order valence-corrected chi connectivity index (χ3v) is 5.33. The van der Waals surface area contributed by atoms with E-state index in [2.05, 4.69) is 0 Å². The van der Waals surface area contributed by atoms with Crippen LogP contribution in [0.5, 0.6) is 0 Å². The number of halogens is 1. The van der Waals surface area contributed by atoms with E-state index in [1.54, 1.807) is 6.07 Å². The molecule has 1 aromatic heterocycles. The fourth-order valence-electron chi connectivity index (χ4n) is 3.43. The molecule has 29 heavy (non-hydrogen) atoms. The second kappa shape index (κ2) is 8.75. The van der Waals surface area contributed by atoms with Crippen molar-refractivity contribution in [3.8, 4) is 0 Å². The highest BCUT2D eigenvalue weighted by atomic mass is 35.5. The first-order valence-corrected chi connectivity index (χ1v) is 9.58. The number of aryl methyl sites for hydroxylation is 1. The summed E-state index contributed by atoms with van der Waals surface area (Å²) in [6.45, 7) is 4.70. The summed E-state index contributed by atoms with van der Waals surface area (Å²) in [6.07, 6.45) is 2.16. The lowest BCUT2D eigenvalue weighted by Gasteiger charge is -2.14. The minimum Gasteiger partial charge on any atom is -0.454 e. The third kappa shape index (κ3) is 4.65. The first kappa shape index (κ1) is 21.0. The van der Waals surface area contributed by atoms with E-state index >= 15 is 0 Å². The maximum atomic E-state index is 12.6. The zero-order valence-corrected chi connectivity index (χ0v) is 16.9. The number of ether oxygens (including phenoxy) is 2. The maximum absolute atomic E-state index is 12.6. The molecule has 0 spiro atoms. The third-order valence-electron chi connectivity index (χ3n) is 5.00. The van der Waals surface area contributed by atoms with Crippen LogP contribution in [-0.4, -0.2) is 40.6 Å². The minimum absolute atomic E-state index is 0.0165. The highest BCUT2D eigenvalue weighted by Gasteiger charge is 2.23. The van der Waals surface area contributed by atoms with Gasteiger partial charge in [-0.15, -0.1) is 0 Å². The van der Waals surface area contributed by atoms with Gasteiger partial charge < -0.3 is 14.0 Å². The SMILES string of the molecule is Cc1cc(C(=O)COC(=O)c2cc([N+](=O)[O-])ccc2Cl)c(C)n1C[C@H]1CCCO1. The number of carbonyl (C=O) groups excluding carboxylic acids is 2. The summed E-state index contributed by atoms with van der Waals surface area (Å²) in [5.74, 6) is -1.24. The van der Waals surface area contributed by atoms with Gasteiger partial charge in [-0.05, 0) is 38.8 Å². The number of carbonyl (C=O) groups is 2. The molecule has 9 heteroatoms. The van der Waals surface area contributed by atoms with E-state index in [1.807, 2.05) is 18.4 Å². The molecule has 2 heterocycles. The summed E-state index contributed by atoms with van der Waals surface area (Å²) in [7, 11) is 0. The number of nitro benzene ring substituents is 1. The van der Waals surface area contributed by atoms with Crippen LogP contribution in [0.2, 0.25) is 5.02 Å². The number of nitro groups is 1. The molecule has 0 N–H and O–H groups in total. The van der Waals surface area contributed by atoms with Gasteiger partial charge in [0, 0.05) is 42.2 Å². The van der Waals surface area contributed by atoms with E-state index in [1.165, 1.54) is 12.1 Å². The molecule has 0 radical (unpaired) electrons. The Morgan fingerprint density at radius 2 is 2.07 bits per heavy atom. The Hall–Kier alpha value is -2.71. The average Bonchev–Trinajstić information content (AvgIpc) is 3.29. The van der Waals surface area contributed by atoms with Gasteiger partial charge in [0.05, 0.1) is 21.6 Å². The van der Waals surface area contributed by atoms with Crippen molar-refractivity contribution >= 4 is 29.0 Å². The van der Waals surface area contributed by atoms with Gasteiger partial charge in [-0.25, -0.2) is 4.79 Å². The standard InChI is InChI=1S/C20H21ClN2O6/c1-12-8-16(13(2)22(12)10-15-4-3-7-28-15)19(24)11-29-20(25)17-9-14(23(26)27)5-6-18(17)21/h5-6,8-9,15H,3-4,7,10-11H2,1-2H3/t15-/m1/s1. The van der Waals surface area contributed by atoms with Gasteiger partial charge in [0.1, 0.15) is 0 Å². The molecule has 8 nitrogen and oxygen atoms in total. The molecule has 0 amide bonds. The van der Waals surface area contributed by atoms with Crippen molar-refractivity contribution in [1.29, 1.82) is 0 Å². The zero-order valence-electron chi connectivity index (χ0n) is 16.1. The molecule has 1 aliphatic heterocycles. The minimum atomic E-state index is -0.889. The topological polar surface area (TPSA) is 101 Å². The molecule has 1 fully saturated rings. The summed E-state index contributed by atoms with van der Waals surface area (Å²) in [4.78, 5) is 35.1. The van der Waals surface area contributed by atoms with Gasteiger partial charge in [0.2, 0.25) is 5.78 Å². The number of Topliss-reactive ketones (excluding diaryl/α,β-unsaturated/α-hetero) is 1. The number of ketones is 1. The second-order valence-electron chi connectivity index (χ2n) is 6.95. The van der Waals surface area contributed by atoms with Crippen LogP contribution in [0.1, 0.15) is 44.9 Å². The second-order valence-corrected chi connectivity index (χ2v) is 7.36. The van der Waals surface area contributed by atoms with Gasteiger partial charge in [-0.2, -0.15) is 0 Å². The lowest BCUT2D eigenvalue weighted by Crippen LogP contribution is -2.18. The van der Waals surface area contributed by atoms with Gasteiger partial charge >= 0.3 is 5.97 Å². The molecular formula is C20H21ClN2O6. The van der Waals surface area contributed by atoms with Crippen LogP contribution in [0.3, 0.4) is 0 Å². The largest absolute Gasteiger partial charge is 0.454 e. The number of esters is 1. The number of hydrogen-bond acceptors (Lipinski definition) is 6. The molecule has 0 bridgehead atoms. The smallest absolute Gasteiger partial charge is 0.340 e. The fraction of sp³-hybridized carbons (Fsp3) is 0.400. The van der Waals surface area contributed by atoms with Crippen LogP contribution in [0.25, 0.3) is 0 Å². The summed E-state index contributed by atoms with van der Waals surface area (Å²) >= 11 is 5.93. The van der Waals surface area contributed by atoms with Crippen LogP contribution in [-0.2, 0) is 16.0 Å². The molecular weight excluding hydrogens is 400 g/mol. The highest BCUT2D eigenvalue weighted by molar-refractivity contribution is 6.33. The molecule has 1 saturated heterocycles. The Morgan fingerprint density at radius 3 is 2.72 bits per heavy atom. The molecule has 0 unspecified atom stereocenters. The quantitative estimate of drug-likeness (QED) is 0.291. The molecule has 1 atom stereocenters. The Morgan fingerprint density at radius 1 is 1.31 bits per heavy atom. The lowest BCUT2D eigenvalue weighted by atomic mass is 10.1. The monoisotopic (exact) mass is 420 g/mol. The summed E-state index contributed by atoms with van der Waals surface area (Å²) in [5, 5.41) is 10.9. The Labute approximate surface area is 172 Å². The number of rotatable bonds is 7. The van der Waals surface area contributed by atoms with Crippen LogP contribution < -0.4 is 0 Å². The zero-order chi connectivity index (χ0) is 21.1. The average molecular weight is 421 g/mol. The van der Waals surface area contributed by atoms with E-state index in [9.17, 15) is 19.7 Å².